The van der Waals surface area contributed by atoms with Crippen molar-refractivity contribution >= 4 is 63.1 Å². The summed E-state index contributed by atoms with van der Waals surface area (Å²) in [5.74, 6) is 0. The molecule has 0 amide bonds. The zero-order chi connectivity index (χ0) is 3.41. The quantitative estimate of drug-likeness (QED) is 0.509. The summed E-state index contributed by atoms with van der Waals surface area (Å²) in [6.07, 6.45) is 0. The van der Waals surface area contributed by atoms with Crippen LogP contribution in [0.1, 0.15) is 0 Å². The van der Waals surface area contributed by atoms with Gasteiger partial charge in [0.25, 0.3) is 0 Å². The van der Waals surface area contributed by atoms with Gasteiger partial charge in [0.2, 0.25) is 0 Å². The molecule has 0 aromatic heterocycles. The summed E-state index contributed by atoms with van der Waals surface area (Å²) in [5, 5.41) is 7.71. The molecule has 0 aromatic rings. The van der Waals surface area contributed by atoms with Crippen molar-refractivity contribution < 1.29 is 0 Å². The van der Waals surface area contributed by atoms with Crippen LogP contribution < -0.4 is 0 Å². The molecule has 0 bridgehead atoms. The molecular weight excluding hydrogens is 238 g/mol. The zero-order valence-corrected chi connectivity index (χ0v) is 10.3. The summed E-state index contributed by atoms with van der Waals surface area (Å²) < 4.78 is 0.444. The van der Waals surface area contributed by atoms with E-state index in [1.807, 2.05) is 0 Å². The first-order chi connectivity index (χ1) is 1.91. The fourth-order valence-corrected chi connectivity index (χ4v) is 0. The average molecular weight is 238 g/mol. The Labute approximate surface area is 70.6 Å². The van der Waals surface area contributed by atoms with Gasteiger partial charge in [-0.3, -0.25) is 0 Å². The Hall–Kier alpha value is 2.06. The maximum atomic E-state index is 7.71. The summed E-state index contributed by atoms with van der Waals surface area (Å²) >= 11 is 0.617. The van der Waals surface area contributed by atoms with Gasteiger partial charge in [-0.2, -0.15) is 0 Å². The SMILES string of the molecule is N#C[Se][Cs]. The van der Waals surface area contributed by atoms with Crippen LogP contribution in [-0.4, -0.2) is 63.1 Å². The predicted molar refractivity (Wildman–Crippen MR) is 17.1 cm³/mol. The van der Waals surface area contributed by atoms with Gasteiger partial charge in [-0.05, 0) is 0 Å². The van der Waals surface area contributed by atoms with Crippen molar-refractivity contribution in [2.45, 2.75) is 0 Å². The summed E-state index contributed by atoms with van der Waals surface area (Å²) in [5.41, 5.74) is 0. The van der Waals surface area contributed by atoms with Crippen LogP contribution in [0.3, 0.4) is 0 Å². The van der Waals surface area contributed by atoms with E-state index in [4.69, 9.17) is 5.26 Å². The molecule has 0 fully saturated rings. The number of nitriles is 1. The topological polar surface area (TPSA) is 23.8 Å². The molecule has 0 saturated carbocycles. The summed E-state index contributed by atoms with van der Waals surface area (Å²) in [4.78, 5) is 2.09. The van der Waals surface area contributed by atoms with Crippen molar-refractivity contribution in [2.24, 2.45) is 0 Å². The van der Waals surface area contributed by atoms with Crippen molar-refractivity contribution in [3.05, 3.63) is 0 Å². The van der Waals surface area contributed by atoms with Gasteiger partial charge in [0.05, 0.1) is 0 Å². The van der Waals surface area contributed by atoms with E-state index in [1.165, 1.54) is 0 Å². The van der Waals surface area contributed by atoms with Crippen LogP contribution in [0.15, 0.2) is 0 Å². The summed E-state index contributed by atoms with van der Waals surface area (Å²) in [6.45, 7) is 0. The van der Waals surface area contributed by atoms with Crippen molar-refractivity contribution in [1.29, 1.82) is 5.26 Å². The minimum atomic E-state index is 0.444. The van der Waals surface area contributed by atoms with Gasteiger partial charge in [0, 0.05) is 0 Å². The number of hydrogen-bond donors (Lipinski definition) is 0. The van der Waals surface area contributed by atoms with E-state index in [0.717, 1.165) is 0 Å². The number of nitrogens with zero attached hydrogens (tertiary/aromatic N) is 1. The van der Waals surface area contributed by atoms with Crippen LogP contribution in [-0.2, 0) is 0 Å². The molecule has 16 valence electrons. The van der Waals surface area contributed by atoms with Crippen molar-refractivity contribution in [1.82, 2.24) is 0 Å². The number of hydrogen-bond acceptors (Lipinski definition) is 1. The molecule has 0 heterocycles. The fraction of sp³-hybridized carbons (Fsp3) is 0. The number of rotatable bonds is 0. The molecule has 3 heteroatoms. The Morgan fingerprint density at radius 2 is 2.25 bits per heavy atom. The van der Waals surface area contributed by atoms with Crippen LogP contribution in [0.25, 0.3) is 0 Å². The zero-order valence-electron chi connectivity index (χ0n) is 2.36. The van der Waals surface area contributed by atoms with Crippen LogP contribution >= 0.6 is 0 Å². The maximum absolute atomic E-state index is 7.71. The van der Waals surface area contributed by atoms with E-state index in [2.05, 4.69) is 4.97 Å². The molecule has 0 radical (unpaired) electrons. The molecule has 1 nitrogen and oxygen atoms in total. The Morgan fingerprint density at radius 1 is 2.00 bits per heavy atom. The Balaban J connectivity index is 2.43. The molecule has 0 aliphatic heterocycles. The van der Waals surface area contributed by atoms with Gasteiger partial charge < -0.3 is 0 Å². The van der Waals surface area contributed by atoms with E-state index in [1.54, 1.807) is 0 Å². The second-order valence-corrected chi connectivity index (χ2v) is 8.20. The standard InChI is InChI=1S/CHNSe.Cs/c2-1-3;/h3H;/q;+1/p-1. The van der Waals surface area contributed by atoms with Gasteiger partial charge in [-0.15, -0.1) is 0 Å². The Kier molecular flexibility index (Phi) is 7.67. The Morgan fingerprint density at radius 3 is 2.25 bits per heavy atom. The second-order valence-electron chi connectivity index (χ2n) is 0.295. The van der Waals surface area contributed by atoms with Gasteiger partial charge in [0.15, 0.2) is 0 Å². The molecule has 0 aliphatic carbocycles. The molecule has 0 rings (SSSR count). The third kappa shape index (κ3) is 4.06. The Bertz CT molecular complexity index is 37.8. The van der Waals surface area contributed by atoms with Crippen LogP contribution in [0.2, 0.25) is 0 Å². The van der Waals surface area contributed by atoms with E-state index >= 15 is 0 Å². The third-order valence-electron chi connectivity index (χ3n) is 0.0913. The first-order valence-corrected chi connectivity index (χ1v) is 16.7. The first kappa shape index (κ1) is 6.06. The predicted octanol–water partition coefficient (Wildman–Crippen LogP) is -0.745. The van der Waals surface area contributed by atoms with Gasteiger partial charge in [0.1, 0.15) is 0 Å². The van der Waals surface area contributed by atoms with Gasteiger partial charge >= 0.3 is 73.4 Å². The van der Waals surface area contributed by atoms with E-state index in [-0.39, 0.29) is 0 Å². The molecular formula is CCsNSe. The summed E-state index contributed by atoms with van der Waals surface area (Å²) in [7, 11) is 0. The fourth-order valence-electron chi connectivity index (χ4n) is 0. The van der Waals surface area contributed by atoms with Crippen molar-refractivity contribution in [3.8, 4) is 4.97 Å². The molecule has 0 atom stereocenters. The average Bonchev–Trinajstić information content (AvgIpc) is 1.37. The van der Waals surface area contributed by atoms with Crippen molar-refractivity contribution in [3.63, 3.8) is 0 Å². The van der Waals surface area contributed by atoms with E-state index < -0.39 is 0 Å². The molecule has 0 unspecified atom stereocenters. The minimum absolute atomic E-state index is 0.444. The molecule has 0 N–H and O–H groups in total. The molecule has 4 heavy (non-hydrogen) atoms. The van der Waals surface area contributed by atoms with Gasteiger partial charge in [-0.1, -0.05) is 0 Å². The first-order valence-electron chi connectivity index (χ1n) is 0.836. The van der Waals surface area contributed by atoms with E-state index in [0.29, 0.717) is 63.1 Å². The van der Waals surface area contributed by atoms with Crippen LogP contribution in [0, 0.1) is 10.2 Å². The molecule has 0 saturated heterocycles. The van der Waals surface area contributed by atoms with Crippen LogP contribution in [0.4, 0.5) is 0 Å². The third-order valence-corrected chi connectivity index (χ3v) is 3.45. The van der Waals surface area contributed by atoms with Crippen LogP contribution in [0.5, 0.6) is 0 Å². The van der Waals surface area contributed by atoms with E-state index in [9.17, 15) is 0 Å². The normalized spacial score (nSPS) is 5.25. The summed E-state index contributed by atoms with van der Waals surface area (Å²) in [6, 6.07) is 0. The molecule has 0 spiro atoms. The van der Waals surface area contributed by atoms with Gasteiger partial charge in [-0.25, -0.2) is 0 Å². The second kappa shape index (κ2) is 5.06. The molecule has 0 aromatic carbocycles. The monoisotopic (exact) mass is 239 g/mol. The molecule has 0 aliphatic rings. The van der Waals surface area contributed by atoms with Crippen molar-refractivity contribution in [2.75, 3.05) is 0 Å².